The van der Waals surface area contributed by atoms with E-state index in [1.54, 1.807) is 87.2 Å². The fraction of sp³-hybridized carbons (Fsp3) is 0.473. The van der Waals surface area contributed by atoms with Gasteiger partial charge in [0, 0.05) is 75.4 Å². The van der Waals surface area contributed by atoms with Crippen molar-refractivity contribution in [3.63, 3.8) is 0 Å². The number of ether oxygens (including phenoxy) is 3. The molecule has 2 aromatic heterocycles. The minimum absolute atomic E-state index is 0.0170. The topological polar surface area (TPSA) is 336 Å². The van der Waals surface area contributed by atoms with E-state index in [2.05, 4.69) is 42.2 Å². The highest BCUT2D eigenvalue weighted by atomic mass is 19.1. The van der Waals surface area contributed by atoms with E-state index in [1.807, 2.05) is 47.0 Å². The lowest BCUT2D eigenvalue weighted by Gasteiger charge is -2.37. The van der Waals surface area contributed by atoms with Crippen molar-refractivity contribution in [1.82, 2.24) is 61.3 Å². The maximum Gasteiger partial charge on any atom is 0.408 e. The number of alkyl carbamates (subject to hydrolysis) is 1. The molecule has 6 heterocycles. The van der Waals surface area contributed by atoms with Crippen molar-refractivity contribution in [2.45, 2.75) is 191 Å². The molecule has 101 heavy (non-hydrogen) atoms. The molecule has 0 unspecified atom stereocenters. The second kappa shape index (κ2) is 33.0. The van der Waals surface area contributed by atoms with Crippen molar-refractivity contribution in [2.24, 2.45) is 0 Å². The van der Waals surface area contributed by atoms with E-state index in [4.69, 9.17) is 19.3 Å². The van der Waals surface area contributed by atoms with Crippen molar-refractivity contribution < 1.29 is 72.0 Å². The summed E-state index contributed by atoms with van der Waals surface area (Å²) in [6.45, 7) is 8.56. The molecule has 2 fully saturated rings. The third-order valence-corrected chi connectivity index (χ3v) is 18.9. The third kappa shape index (κ3) is 19.1. The van der Waals surface area contributed by atoms with Gasteiger partial charge in [0.05, 0.1) is 45.2 Å². The van der Waals surface area contributed by atoms with Crippen LogP contribution in [0.3, 0.4) is 0 Å². The van der Waals surface area contributed by atoms with Crippen LogP contribution < -0.4 is 36.6 Å². The molecule has 2 saturated heterocycles. The van der Waals surface area contributed by atoms with E-state index in [0.717, 1.165) is 22.3 Å². The molecule has 4 aliphatic heterocycles. The number of benzene rings is 4. The number of hydrogen-bond donors (Lipinski definition) is 8. The van der Waals surface area contributed by atoms with Crippen LogP contribution in [0.2, 0.25) is 0 Å². The molecule has 8 N–H and O–H groups in total. The molecule has 0 spiro atoms. The van der Waals surface area contributed by atoms with E-state index in [1.165, 1.54) is 36.0 Å². The first-order chi connectivity index (χ1) is 48.3. The lowest BCUT2D eigenvalue weighted by Crippen LogP contribution is -2.64. The number of allylic oxidation sites excluding steroid dienone is 1. The number of carbonyl (C=O) groups excluding carboxylic acids is 8. The van der Waals surface area contributed by atoms with Crippen molar-refractivity contribution in [2.75, 3.05) is 33.4 Å². The molecule has 0 radical (unpaired) electrons. The van der Waals surface area contributed by atoms with Crippen molar-refractivity contribution in [3.8, 4) is 5.75 Å². The number of nitrogens with zero attached hydrogens (tertiary/aromatic N) is 6. The third-order valence-electron chi connectivity index (χ3n) is 18.9. The van der Waals surface area contributed by atoms with Gasteiger partial charge in [-0.25, -0.2) is 13.9 Å². The van der Waals surface area contributed by atoms with Gasteiger partial charge in [-0.1, -0.05) is 78.4 Å². The number of aliphatic hydroxyl groups is 1. The zero-order chi connectivity index (χ0) is 72.1. The molecule has 8 amide bonds. The maximum atomic E-state index is 16.0. The minimum Gasteiger partial charge on any atom is -0.497 e. The van der Waals surface area contributed by atoms with Crippen LogP contribution in [0.5, 0.6) is 5.75 Å². The Kier molecular flexibility index (Phi) is 24.1. The second-order valence-electron chi connectivity index (χ2n) is 27.7. The van der Waals surface area contributed by atoms with Gasteiger partial charge in [-0.15, -0.1) is 5.10 Å². The molecular weight excluding hydrogens is 1300 g/mol. The summed E-state index contributed by atoms with van der Waals surface area (Å²) in [6.07, 6.45) is 6.43. The molecule has 0 saturated carbocycles. The Labute approximate surface area is 585 Å². The molecule has 26 nitrogen and oxygen atoms in total. The number of hydrogen-bond acceptors (Lipinski definition) is 15. The Morgan fingerprint density at radius 3 is 2.38 bits per heavy atom. The van der Waals surface area contributed by atoms with Gasteiger partial charge < -0.3 is 70.7 Å². The maximum absolute atomic E-state index is 16.0. The van der Waals surface area contributed by atoms with Crippen LogP contribution in [0.4, 0.5) is 9.18 Å². The number of rotatable bonds is 13. The number of aromatic nitrogens is 4. The molecule has 6 aromatic rings. The van der Waals surface area contributed by atoms with Crippen LogP contribution in [0.25, 0.3) is 10.9 Å². The summed E-state index contributed by atoms with van der Waals surface area (Å²) in [7, 11) is 1.51. The Morgan fingerprint density at radius 1 is 0.832 bits per heavy atom. The SMILES string of the molecule is COc1ccc(C[C@@H]2NC(=O)[C@H]([C@@H](C)O)NC(=O)[C@@H]3[C@@H]4CCN3C(=O)[C@H](Cc3cn(c5ccc(F)cc35)Cc3cn(nn3)Cc3cc(ccc3CNC(=O)CCCCCC(=O)O)CCNC(=O)[C@]3(C)CCCN3C2=O)NC(=O)[C@@H](NC(=O)OC(C)(C)C)Cc2cccc(c2)C/C=C/CO4)cc1. The van der Waals surface area contributed by atoms with Crippen molar-refractivity contribution in [1.29, 1.82) is 0 Å². The average molecular weight is 1390 g/mol. The molecule has 0 aliphatic carbocycles. The van der Waals surface area contributed by atoms with Crippen LogP contribution in [-0.2, 0) is 99.6 Å². The summed E-state index contributed by atoms with van der Waals surface area (Å²) in [5.74, 6) is -5.69. The highest BCUT2D eigenvalue weighted by Gasteiger charge is 2.49. The molecule has 538 valence electrons. The number of nitrogens with one attached hydrogen (secondary N) is 6. The molecule has 27 heteroatoms. The zero-order valence-corrected chi connectivity index (χ0v) is 57.9. The van der Waals surface area contributed by atoms with E-state index in [-0.39, 0.29) is 96.7 Å². The summed E-state index contributed by atoms with van der Waals surface area (Å²) in [5, 5.41) is 47.4. The summed E-state index contributed by atoms with van der Waals surface area (Å²) in [6, 6.07) is 16.6. The van der Waals surface area contributed by atoms with Crippen LogP contribution in [0.1, 0.15) is 131 Å². The van der Waals surface area contributed by atoms with Crippen molar-refractivity contribution in [3.05, 3.63) is 160 Å². The fourth-order valence-electron chi connectivity index (χ4n) is 13.6. The number of carboxylic acids is 1. The number of halogens is 1. The first-order valence-corrected chi connectivity index (χ1v) is 34.5. The second-order valence-corrected chi connectivity index (χ2v) is 27.7. The number of amides is 8. The number of carbonyl (C=O) groups is 9. The number of unbranched alkanes of at least 4 members (excludes halogenated alkanes) is 2. The molecule has 10 rings (SSSR count). The first-order valence-electron chi connectivity index (χ1n) is 34.5. The van der Waals surface area contributed by atoms with Gasteiger partial charge in [-0.3, -0.25) is 38.4 Å². The van der Waals surface area contributed by atoms with Crippen molar-refractivity contribution >= 4 is 64.3 Å². The van der Waals surface area contributed by atoms with E-state index >= 15 is 28.4 Å². The van der Waals surface area contributed by atoms with Crippen LogP contribution >= 0.6 is 0 Å². The lowest BCUT2D eigenvalue weighted by atomic mass is 9.95. The van der Waals surface area contributed by atoms with E-state index in [0.29, 0.717) is 77.6 Å². The molecular formula is C74H91FN12O14. The van der Waals surface area contributed by atoms with E-state index in [9.17, 15) is 24.3 Å². The fourth-order valence-corrected chi connectivity index (χ4v) is 13.6. The number of carboxylic acid groups (broad SMARTS) is 1. The average Bonchev–Trinajstić information content (AvgIpc) is 1.67. The Bertz CT molecular complexity index is 4050. The predicted molar refractivity (Wildman–Crippen MR) is 369 cm³/mol. The van der Waals surface area contributed by atoms with Gasteiger partial charge in [-0.2, -0.15) is 0 Å². The highest BCUT2D eigenvalue weighted by Crippen LogP contribution is 2.32. The Hall–Kier alpha value is -10.0. The number of aliphatic carboxylic acids is 1. The molecule has 8 atom stereocenters. The smallest absolute Gasteiger partial charge is 0.408 e. The monoisotopic (exact) mass is 1390 g/mol. The molecule has 12 bridgehead atoms. The Balaban J connectivity index is 1.06. The predicted octanol–water partition coefficient (Wildman–Crippen LogP) is 5.04. The quantitative estimate of drug-likeness (QED) is 0.0555. The normalized spacial score (nSPS) is 22.8. The summed E-state index contributed by atoms with van der Waals surface area (Å²) in [4.78, 5) is 132. The highest BCUT2D eigenvalue weighted by molar-refractivity contribution is 5.99. The molecule has 4 aromatic carbocycles. The van der Waals surface area contributed by atoms with Crippen LogP contribution in [-0.4, -0.2) is 180 Å². The number of aliphatic hydroxyl groups excluding tert-OH is 1. The van der Waals surface area contributed by atoms with E-state index < -0.39 is 107 Å². The lowest BCUT2D eigenvalue weighted by molar-refractivity contribution is -0.147. The number of fused-ring (bicyclic) bond motifs is 13. The van der Waals surface area contributed by atoms with Crippen LogP contribution in [0.15, 0.2) is 109 Å². The van der Waals surface area contributed by atoms with Gasteiger partial charge in [0.2, 0.25) is 41.4 Å². The number of methoxy groups -OCH3 is 1. The van der Waals surface area contributed by atoms with Gasteiger partial charge in [0.25, 0.3) is 0 Å². The van der Waals surface area contributed by atoms with Gasteiger partial charge in [0.1, 0.15) is 58.6 Å². The summed E-state index contributed by atoms with van der Waals surface area (Å²) < 4.78 is 36.7. The summed E-state index contributed by atoms with van der Waals surface area (Å²) in [5.41, 5.74) is 3.50. The minimum atomic E-state index is -1.76. The first kappa shape index (κ1) is 73.7. The van der Waals surface area contributed by atoms with Gasteiger partial charge in [0.15, 0.2) is 0 Å². The largest absolute Gasteiger partial charge is 0.497 e. The zero-order valence-electron chi connectivity index (χ0n) is 57.9. The standard InChI is InChI=1S/C74H91FN12O14/c1-45(88)64-67(93)79-58(36-47-20-24-55(99-6)25-21-47)70(96)87-31-13-29-74(87,5)71(97)76-30-27-48-19-22-50(40-77-62(89)17-8-7-9-18-63(90)91)51(35-48)42-85-44-54(82-83-85)43-84-41-52(56-39-53(75)23-26-60(56)84)38-59-69(95)86-32-28-61(65(86)68(94)81-64)100-33-11-10-14-46-15-12-16-49(34-46)37-57(66(92)78-59)80-72(98)101-73(2,3)4/h10-12,15-16,19-26,34-35,39,41,44-45,57-59,61,64-65,88H,7-9,13-14,17-18,27-33,36-38,40,42-43H2,1-6H3,(H,76,97)(H,77,89)(H,78,92)(H,79,93)(H,80,98)(H,81,94)(H,90,91)/b11-10+/t45-,57+,58+,59+,61+,64+,65+,74+/m1/s1. The summed E-state index contributed by atoms with van der Waals surface area (Å²) >= 11 is 0. The van der Waals surface area contributed by atoms with Gasteiger partial charge in [-0.05, 0) is 149 Å². The molecule has 4 aliphatic rings. The Morgan fingerprint density at radius 2 is 1.61 bits per heavy atom. The van der Waals surface area contributed by atoms with Crippen LogP contribution in [0, 0.1) is 5.82 Å². The van der Waals surface area contributed by atoms with Gasteiger partial charge >= 0.3 is 12.1 Å².